The van der Waals surface area contributed by atoms with Crippen LogP contribution < -0.4 is 5.32 Å². The normalized spacial score (nSPS) is 16.7. The van der Waals surface area contributed by atoms with E-state index in [0.29, 0.717) is 32.6 Å². The zero-order chi connectivity index (χ0) is 15.0. The first kappa shape index (κ1) is 20.4. The van der Waals surface area contributed by atoms with E-state index >= 15 is 0 Å². The second kappa shape index (κ2) is 10.2. The second-order valence-corrected chi connectivity index (χ2v) is 4.77. The monoisotopic (exact) mass is 333 g/mol. The molecule has 0 aromatic heterocycles. The minimum Gasteiger partial charge on any atom is -0.372 e. The Hall–Kier alpha value is -0.570. The van der Waals surface area contributed by atoms with Gasteiger partial charge < -0.3 is 15.0 Å². The van der Waals surface area contributed by atoms with Crippen LogP contribution in [0.2, 0.25) is 0 Å². The van der Waals surface area contributed by atoms with Crippen molar-refractivity contribution in [2.45, 2.75) is 12.6 Å². The summed E-state index contributed by atoms with van der Waals surface area (Å²) in [5, 5.41) is 2.82. The molecule has 9 heteroatoms. The van der Waals surface area contributed by atoms with Gasteiger partial charge in [-0.2, -0.15) is 13.2 Å². The molecule has 0 atom stereocenters. The fourth-order valence-corrected chi connectivity index (χ4v) is 2.06. The number of alkyl halides is 3. The molecule has 0 radical (unpaired) electrons. The van der Waals surface area contributed by atoms with Gasteiger partial charge in [0.2, 0.25) is 5.91 Å². The zero-order valence-corrected chi connectivity index (χ0v) is 12.9. The van der Waals surface area contributed by atoms with Crippen molar-refractivity contribution in [2.75, 3.05) is 59.5 Å². The number of nitrogens with zero attached hydrogens (tertiary/aromatic N) is 2. The summed E-state index contributed by atoms with van der Waals surface area (Å²) in [5.41, 5.74) is 0. The largest absolute Gasteiger partial charge is 0.411 e. The van der Waals surface area contributed by atoms with Gasteiger partial charge in [0.25, 0.3) is 0 Å². The van der Waals surface area contributed by atoms with E-state index in [-0.39, 0.29) is 24.9 Å². The number of likely N-dealkylation sites (N-methyl/N-ethyl adjacent to an activating group) is 1. The summed E-state index contributed by atoms with van der Waals surface area (Å²) >= 11 is 0. The van der Waals surface area contributed by atoms with Crippen LogP contribution >= 0.6 is 12.4 Å². The molecule has 1 fully saturated rings. The summed E-state index contributed by atoms with van der Waals surface area (Å²) in [6.45, 7) is 2.83. The average Bonchev–Trinajstić information content (AvgIpc) is 2.38. The molecule has 126 valence electrons. The van der Waals surface area contributed by atoms with Gasteiger partial charge in [-0.05, 0) is 13.5 Å². The van der Waals surface area contributed by atoms with Crippen LogP contribution in [0.15, 0.2) is 0 Å². The Morgan fingerprint density at radius 3 is 2.38 bits per heavy atom. The third kappa shape index (κ3) is 9.13. The highest BCUT2D eigenvalue weighted by Gasteiger charge is 2.27. The number of carbonyl (C=O) groups is 1. The van der Waals surface area contributed by atoms with Gasteiger partial charge in [0.1, 0.15) is 6.61 Å². The van der Waals surface area contributed by atoms with Gasteiger partial charge in [-0.25, -0.2) is 0 Å². The molecule has 1 amide bonds. The van der Waals surface area contributed by atoms with Crippen molar-refractivity contribution >= 4 is 18.3 Å². The summed E-state index contributed by atoms with van der Waals surface area (Å²) in [5.74, 6) is 0.0839. The molecule has 1 aliphatic heterocycles. The number of hydrogen-bond donors (Lipinski definition) is 1. The van der Waals surface area contributed by atoms with E-state index in [1.807, 2.05) is 0 Å². The van der Waals surface area contributed by atoms with E-state index in [1.165, 1.54) is 0 Å². The maximum atomic E-state index is 11.8. The van der Waals surface area contributed by atoms with E-state index in [4.69, 9.17) is 0 Å². The van der Waals surface area contributed by atoms with Crippen LogP contribution in [-0.4, -0.2) is 81.4 Å². The number of hydrogen-bond acceptors (Lipinski definition) is 4. The number of carbonyl (C=O) groups excluding carboxylic acids is 1. The van der Waals surface area contributed by atoms with Crippen molar-refractivity contribution in [2.24, 2.45) is 0 Å². The quantitative estimate of drug-likeness (QED) is 0.698. The number of piperazine rings is 1. The van der Waals surface area contributed by atoms with Crippen LogP contribution in [0.1, 0.15) is 6.42 Å². The van der Waals surface area contributed by atoms with Gasteiger partial charge in [0.05, 0.1) is 6.54 Å². The Morgan fingerprint density at radius 1 is 1.24 bits per heavy atom. The third-order valence-electron chi connectivity index (χ3n) is 3.08. The summed E-state index contributed by atoms with van der Waals surface area (Å²) < 4.78 is 40.1. The van der Waals surface area contributed by atoms with Crippen LogP contribution in [0.5, 0.6) is 0 Å². The highest BCUT2D eigenvalue weighted by molar-refractivity contribution is 5.85. The van der Waals surface area contributed by atoms with E-state index in [2.05, 4.69) is 15.0 Å². The molecule has 5 nitrogen and oxygen atoms in total. The Balaban J connectivity index is 0.00000400. The molecule has 1 rings (SSSR count). The topological polar surface area (TPSA) is 44.8 Å². The maximum Gasteiger partial charge on any atom is 0.411 e. The zero-order valence-electron chi connectivity index (χ0n) is 12.1. The van der Waals surface area contributed by atoms with Gasteiger partial charge >= 0.3 is 6.18 Å². The number of halogens is 4. The first-order valence-corrected chi connectivity index (χ1v) is 6.71. The highest BCUT2D eigenvalue weighted by atomic mass is 35.5. The summed E-state index contributed by atoms with van der Waals surface area (Å²) in [6.07, 6.45) is -3.68. The van der Waals surface area contributed by atoms with E-state index in [0.717, 1.165) is 13.1 Å². The lowest BCUT2D eigenvalue weighted by atomic mass is 10.3. The molecule has 21 heavy (non-hydrogen) atoms. The van der Waals surface area contributed by atoms with Gasteiger partial charge in [-0.3, -0.25) is 9.69 Å². The lowest BCUT2D eigenvalue weighted by Crippen LogP contribution is -2.50. The maximum absolute atomic E-state index is 11.8. The SMILES string of the molecule is CNCC(=O)N1CCN(CCCOCC(F)(F)F)CC1.Cl. The first-order chi connectivity index (χ1) is 9.42. The molecule has 1 aliphatic rings. The Labute approximate surface area is 129 Å². The predicted octanol–water partition coefficient (Wildman–Crippen LogP) is 0.741. The smallest absolute Gasteiger partial charge is 0.372 e. The number of rotatable bonds is 7. The average molecular weight is 334 g/mol. The lowest BCUT2D eigenvalue weighted by molar-refractivity contribution is -0.174. The van der Waals surface area contributed by atoms with Gasteiger partial charge in [-0.1, -0.05) is 0 Å². The minimum atomic E-state index is -4.25. The predicted molar refractivity (Wildman–Crippen MR) is 75.7 cm³/mol. The van der Waals surface area contributed by atoms with E-state index < -0.39 is 12.8 Å². The molecule has 0 saturated carbocycles. The van der Waals surface area contributed by atoms with Gasteiger partial charge in [0, 0.05) is 39.3 Å². The molecule has 0 bridgehead atoms. The Kier molecular flexibility index (Phi) is 9.93. The molecule has 0 unspecified atom stereocenters. The van der Waals surface area contributed by atoms with Crippen LogP contribution in [0.3, 0.4) is 0 Å². The lowest BCUT2D eigenvalue weighted by Gasteiger charge is -2.34. The van der Waals surface area contributed by atoms with Crippen molar-refractivity contribution in [3.05, 3.63) is 0 Å². The summed E-state index contributed by atoms with van der Waals surface area (Å²) in [6, 6.07) is 0. The van der Waals surface area contributed by atoms with E-state index in [9.17, 15) is 18.0 Å². The minimum absolute atomic E-state index is 0. The Bertz CT molecular complexity index is 298. The summed E-state index contributed by atoms with van der Waals surface area (Å²) in [4.78, 5) is 15.6. The van der Waals surface area contributed by atoms with Crippen LogP contribution in [0, 0.1) is 0 Å². The molecular weight excluding hydrogens is 311 g/mol. The van der Waals surface area contributed by atoms with Crippen molar-refractivity contribution in [1.82, 2.24) is 15.1 Å². The number of ether oxygens (including phenoxy) is 1. The van der Waals surface area contributed by atoms with Crippen molar-refractivity contribution in [3.8, 4) is 0 Å². The molecule has 1 N–H and O–H groups in total. The van der Waals surface area contributed by atoms with Gasteiger partial charge in [0.15, 0.2) is 0 Å². The van der Waals surface area contributed by atoms with Crippen LogP contribution in [-0.2, 0) is 9.53 Å². The van der Waals surface area contributed by atoms with Crippen molar-refractivity contribution in [3.63, 3.8) is 0 Å². The standard InChI is InChI=1S/C12H22F3N3O2.ClH/c1-16-9-11(19)18-6-4-17(5-7-18)3-2-8-20-10-12(13,14)15;/h16H,2-10H2,1H3;1H. The number of nitrogens with one attached hydrogen (secondary N) is 1. The fourth-order valence-electron chi connectivity index (χ4n) is 2.06. The molecule has 0 aromatic carbocycles. The third-order valence-corrected chi connectivity index (χ3v) is 3.08. The molecule has 1 heterocycles. The summed E-state index contributed by atoms with van der Waals surface area (Å²) in [7, 11) is 1.73. The molecule has 0 spiro atoms. The van der Waals surface area contributed by atoms with Crippen LogP contribution in [0.4, 0.5) is 13.2 Å². The van der Waals surface area contributed by atoms with Crippen molar-refractivity contribution < 1.29 is 22.7 Å². The molecule has 1 saturated heterocycles. The number of amides is 1. The second-order valence-electron chi connectivity index (χ2n) is 4.77. The highest BCUT2D eigenvalue weighted by Crippen LogP contribution is 2.14. The van der Waals surface area contributed by atoms with Gasteiger partial charge in [-0.15, -0.1) is 12.4 Å². The Morgan fingerprint density at radius 2 is 1.86 bits per heavy atom. The first-order valence-electron chi connectivity index (χ1n) is 6.71. The molecule has 0 aromatic rings. The van der Waals surface area contributed by atoms with Crippen molar-refractivity contribution in [1.29, 1.82) is 0 Å². The molecular formula is C12H23ClF3N3O2. The van der Waals surface area contributed by atoms with E-state index in [1.54, 1.807) is 11.9 Å². The van der Waals surface area contributed by atoms with Crippen LogP contribution in [0.25, 0.3) is 0 Å². The fraction of sp³-hybridized carbons (Fsp3) is 0.917. The molecule has 0 aliphatic carbocycles.